The zero-order chi connectivity index (χ0) is 14.9. The first-order valence-corrected chi connectivity index (χ1v) is 8.32. The van der Waals surface area contributed by atoms with Crippen molar-refractivity contribution >= 4 is 29.8 Å². The molecule has 0 aliphatic rings. The Labute approximate surface area is 111 Å². The number of hydrogen-bond acceptors (Lipinski definition) is 4. The maximum absolute atomic E-state index is 11.9. The van der Waals surface area contributed by atoms with E-state index in [9.17, 15) is 30.0 Å². The smallest absolute Gasteiger partial charge is 0.207 e. The van der Waals surface area contributed by atoms with Gasteiger partial charge in [-0.05, 0) is 24.3 Å². The summed E-state index contributed by atoms with van der Waals surface area (Å²) in [6, 6.07) is 3.44. The summed E-state index contributed by atoms with van der Waals surface area (Å²) in [6.45, 7) is -1.72. The third kappa shape index (κ3) is 4.97. The van der Waals surface area contributed by atoms with Crippen LogP contribution in [0.25, 0.3) is 0 Å². The summed E-state index contributed by atoms with van der Waals surface area (Å²) in [7, 11) is -3.38. The molecule has 0 radical (unpaired) electrons. The predicted molar refractivity (Wildman–Crippen MR) is 60.7 cm³/mol. The Kier molecular flexibility index (Phi) is 4.50. The number of benzene rings is 1. The minimum atomic E-state index is -4.69. The monoisotopic (exact) mass is 337 g/mol. The maximum atomic E-state index is 11.9. The second-order valence-electron chi connectivity index (χ2n) is 3.35. The van der Waals surface area contributed by atoms with Crippen LogP contribution >= 0.6 is 10.7 Å². The molecule has 0 aromatic heterocycles. The van der Waals surface area contributed by atoms with Gasteiger partial charge in [-0.15, -0.1) is 0 Å². The Bertz CT molecular complexity index is 652. The largest absolute Gasteiger partial charge is 0.402 e. The summed E-state index contributed by atoms with van der Waals surface area (Å²) in [4.78, 5) is -0.857. The van der Waals surface area contributed by atoms with Crippen LogP contribution in [0.5, 0.6) is 0 Å². The molecule has 1 aromatic carbocycles. The third-order valence-corrected chi connectivity index (χ3v) is 4.67. The molecule has 0 saturated heterocycles. The van der Waals surface area contributed by atoms with Gasteiger partial charge in [0.25, 0.3) is 9.05 Å². The molecule has 1 aromatic rings. The number of alkyl halides is 3. The van der Waals surface area contributed by atoms with Crippen LogP contribution in [-0.2, 0) is 19.1 Å². The second-order valence-corrected chi connectivity index (χ2v) is 7.68. The zero-order valence-electron chi connectivity index (χ0n) is 8.98. The van der Waals surface area contributed by atoms with E-state index in [-0.39, 0.29) is 4.90 Å². The molecule has 0 fully saturated rings. The van der Waals surface area contributed by atoms with Crippen molar-refractivity contribution in [2.24, 2.45) is 0 Å². The molecule has 0 aliphatic carbocycles. The molecule has 0 bridgehead atoms. The van der Waals surface area contributed by atoms with Crippen molar-refractivity contribution in [3.63, 3.8) is 0 Å². The van der Waals surface area contributed by atoms with Crippen LogP contribution in [0.3, 0.4) is 0 Å². The van der Waals surface area contributed by atoms with Crippen molar-refractivity contribution in [2.75, 3.05) is 6.54 Å². The van der Waals surface area contributed by atoms with Crippen LogP contribution in [0.15, 0.2) is 34.1 Å². The van der Waals surface area contributed by atoms with Crippen molar-refractivity contribution < 1.29 is 30.0 Å². The molecule has 0 saturated carbocycles. The van der Waals surface area contributed by atoms with Gasteiger partial charge in [0.05, 0.1) is 9.79 Å². The SMILES string of the molecule is O=S(=O)(Cl)c1ccc(S(=O)(=O)NCC(F)(F)F)cc1. The van der Waals surface area contributed by atoms with Crippen LogP contribution in [0.4, 0.5) is 13.2 Å². The lowest BCUT2D eigenvalue weighted by molar-refractivity contribution is -0.121. The molecule has 19 heavy (non-hydrogen) atoms. The van der Waals surface area contributed by atoms with Crippen molar-refractivity contribution in [1.29, 1.82) is 0 Å². The average Bonchev–Trinajstić information content (AvgIpc) is 2.25. The second kappa shape index (κ2) is 5.27. The number of halogens is 4. The first-order valence-electron chi connectivity index (χ1n) is 4.53. The Morgan fingerprint density at radius 3 is 1.79 bits per heavy atom. The number of rotatable bonds is 4. The molecule has 1 N–H and O–H groups in total. The van der Waals surface area contributed by atoms with Crippen molar-refractivity contribution in [3.8, 4) is 0 Å². The Hall–Kier alpha value is -0.840. The van der Waals surface area contributed by atoms with Crippen LogP contribution < -0.4 is 4.72 Å². The molecule has 0 unspecified atom stereocenters. The quantitative estimate of drug-likeness (QED) is 0.843. The van der Waals surface area contributed by atoms with Gasteiger partial charge in [0, 0.05) is 10.7 Å². The topological polar surface area (TPSA) is 80.3 Å². The molecule has 1 rings (SSSR count). The molecule has 0 atom stereocenters. The fourth-order valence-corrected chi connectivity index (χ4v) is 2.83. The van der Waals surface area contributed by atoms with E-state index in [4.69, 9.17) is 10.7 Å². The highest BCUT2D eigenvalue weighted by atomic mass is 35.7. The van der Waals surface area contributed by atoms with E-state index in [1.807, 2.05) is 0 Å². The number of nitrogens with one attached hydrogen (secondary N) is 1. The maximum Gasteiger partial charge on any atom is 0.402 e. The molecule has 0 amide bonds. The highest BCUT2D eigenvalue weighted by Crippen LogP contribution is 2.19. The van der Waals surface area contributed by atoms with Gasteiger partial charge in [0.2, 0.25) is 10.0 Å². The standard InChI is InChI=1S/C8H7ClF3NO4S2/c9-18(14,15)6-1-3-7(4-2-6)19(16,17)13-5-8(10,11)12/h1-4,13H,5H2. The van der Waals surface area contributed by atoms with E-state index in [0.29, 0.717) is 0 Å². The van der Waals surface area contributed by atoms with Crippen molar-refractivity contribution in [1.82, 2.24) is 4.72 Å². The Morgan fingerprint density at radius 2 is 1.42 bits per heavy atom. The van der Waals surface area contributed by atoms with Gasteiger partial charge >= 0.3 is 6.18 Å². The minimum absolute atomic E-state index is 0.357. The first-order chi connectivity index (χ1) is 8.42. The van der Waals surface area contributed by atoms with Crippen LogP contribution in [0.2, 0.25) is 0 Å². The summed E-state index contributed by atoms with van der Waals surface area (Å²) < 4.78 is 81.7. The lowest BCUT2D eigenvalue weighted by Crippen LogP contribution is -2.33. The van der Waals surface area contributed by atoms with Gasteiger partial charge in [0.15, 0.2) is 0 Å². The fourth-order valence-electron chi connectivity index (χ4n) is 1.04. The van der Waals surface area contributed by atoms with E-state index >= 15 is 0 Å². The summed E-state index contributed by atoms with van der Waals surface area (Å²) in [5, 5.41) is 0. The fraction of sp³-hybridized carbons (Fsp3) is 0.250. The summed E-state index contributed by atoms with van der Waals surface area (Å²) in [5.41, 5.74) is 0. The van der Waals surface area contributed by atoms with Gasteiger partial charge in [0.1, 0.15) is 6.54 Å². The van der Waals surface area contributed by atoms with Crippen LogP contribution in [0.1, 0.15) is 0 Å². The molecule has 0 spiro atoms. The number of hydrogen-bond donors (Lipinski definition) is 1. The van der Waals surface area contributed by atoms with Gasteiger partial charge < -0.3 is 0 Å². The summed E-state index contributed by atoms with van der Waals surface area (Å²) in [6.07, 6.45) is -4.69. The third-order valence-electron chi connectivity index (χ3n) is 1.88. The molecule has 0 aliphatic heterocycles. The molecular weight excluding hydrogens is 331 g/mol. The van der Waals surface area contributed by atoms with Gasteiger partial charge in [-0.2, -0.15) is 13.2 Å². The normalized spacial score (nSPS) is 13.5. The first kappa shape index (κ1) is 16.2. The van der Waals surface area contributed by atoms with Gasteiger partial charge in [-0.3, -0.25) is 0 Å². The highest BCUT2D eigenvalue weighted by Gasteiger charge is 2.30. The Balaban J connectivity index is 2.98. The van der Waals surface area contributed by atoms with E-state index in [0.717, 1.165) is 24.3 Å². The zero-order valence-corrected chi connectivity index (χ0v) is 11.4. The predicted octanol–water partition coefficient (Wildman–Crippen LogP) is 1.45. The molecular formula is C8H7ClF3NO4S2. The van der Waals surface area contributed by atoms with E-state index in [2.05, 4.69) is 0 Å². The van der Waals surface area contributed by atoms with Crippen LogP contribution in [-0.4, -0.2) is 29.6 Å². The summed E-state index contributed by atoms with van der Waals surface area (Å²) >= 11 is 0. The molecule has 108 valence electrons. The molecule has 11 heteroatoms. The van der Waals surface area contributed by atoms with E-state index in [1.54, 1.807) is 0 Å². The van der Waals surface area contributed by atoms with Gasteiger partial charge in [-0.25, -0.2) is 21.6 Å². The lowest BCUT2D eigenvalue weighted by Gasteiger charge is -2.09. The average molecular weight is 338 g/mol. The minimum Gasteiger partial charge on any atom is -0.207 e. The van der Waals surface area contributed by atoms with Crippen molar-refractivity contribution in [3.05, 3.63) is 24.3 Å². The van der Waals surface area contributed by atoms with Gasteiger partial charge in [-0.1, -0.05) is 0 Å². The highest BCUT2D eigenvalue weighted by molar-refractivity contribution is 8.13. The van der Waals surface area contributed by atoms with E-state index in [1.165, 1.54) is 4.72 Å². The number of sulfonamides is 1. The summed E-state index contributed by atoms with van der Waals surface area (Å²) in [5.74, 6) is 0. The molecule has 5 nitrogen and oxygen atoms in total. The Morgan fingerprint density at radius 1 is 1.00 bits per heavy atom. The van der Waals surface area contributed by atoms with Crippen molar-refractivity contribution in [2.45, 2.75) is 16.0 Å². The lowest BCUT2D eigenvalue weighted by atomic mass is 10.4. The van der Waals surface area contributed by atoms with Crippen LogP contribution in [0, 0.1) is 0 Å². The van der Waals surface area contributed by atoms with E-state index < -0.39 is 36.7 Å². The molecule has 0 heterocycles.